The lowest BCUT2D eigenvalue weighted by molar-refractivity contribution is -0.131. The third-order valence-electron chi connectivity index (χ3n) is 11.4. The average Bonchev–Trinajstić information content (AvgIpc) is 3.50. The van der Waals surface area contributed by atoms with Crippen molar-refractivity contribution < 1.29 is 33.5 Å². The minimum atomic E-state index is -1.38. The van der Waals surface area contributed by atoms with Gasteiger partial charge in [0.1, 0.15) is 11.6 Å². The van der Waals surface area contributed by atoms with Crippen molar-refractivity contribution >= 4 is 52.4 Å². The molecule has 1 saturated carbocycles. The van der Waals surface area contributed by atoms with Crippen LogP contribution >= 0.6 is 11.6 Å². The average molecular weight is 703 g/mol. The molecular formula is C41H32ClFN2O6. The Morgan fingerprint density at radius 3 is 2.22 bits per heavy atom. The number of ketones is 1. The van der Waals surface area contributed by atoms with Crippen LogP contribution in [0.15, 0.2) is 103 Å². The van der Waals surface area contributed by atoms with E-state index in [-0.39, 0.29) is 41.0 Å². The van der Waals surface area contributed by atoms with Gasteiger partial charge in [0.25, 0.3) is 0 Å². The number of hydrogen-bond acceptors (Lipinski definition) is 6. The van der Waals surface area contributed by atoms with Gasteiger partial charge in [0.15, 0.2) is 5.78 Å². The SMILES string of the molecule is Cc1cccc(C2C3=CCC4C(=O)N(c5ccc(C(=O)c6ccccc6)cc5)C(=O)C4C3CC3C(=O)N(c4ccc(F)c(Cl)c4)C(=O)C32C)c1O. The third kappa shape index (κ3) is 4.74. The van der Waals surface area contributed by atoms with Gasteiger partial charge in [-0.05, 0) is 80.6 Å². The Bertz CT molecular complexity index is 2220. The van der Waals surface area contributed by atoms with E-state index in [1.54, 1.807) is 80.6 Å². The second-order valence-electron chi connectivity index (χ2n) is 14.0. The van der Waals surface area contributed by atoms with Gasteiger partial charge in [0.2, 0.25) is 23.6 Å². The van der Waals surface area contributed by atoms with Gasteiger partial charge < -0.3 is 5.11 Å². The molecule has 2 aliphatic carbocycles. The number of fused-ring (bicyclic) bond motifs is 4. The number of hydrogen-bond donors (Lipinski definition) is 1. The van der Waals surface area contributed by atoms with Crippen molar-refractivity contribution in [2.24, 2.45) is 29.1 Å². The van der Waals surface area contributed by atoms with E-state index in [2.05, 4.69) is 0 Å². The molecule has 256 valence electrons. The van der Waals surface area contributed by atoms with Crippen molar-refractivity contribution in [3.05, 3.63) is 136 Å². The van der Waals surface area contributed by atoms with Crippen molar-refractivity contribution in [2.45, 2.75) is 32.6 Å². The quantitative estimate of drug-likeness (QED) is 0.134. The fraction of sp³-hybridized carbons (Fsp3) is 0.244. The van der Waals surface area contributed by atoms with Crippen LogP contribution in [0.2, 0.25) is 5.02 Å². The molecular weight excluding hydrogens is 671 g/mol. The van der Waals surface area contributed by atoms with Crippen LogP contribution in [0.25, 0.3) is 0 Å². The molecule has 2 saturated heterocycles. The first-order valence-corrected chi connectivity index (χ1v) is 17.2. The Morgan fingerprint density at radius 1 is 0.824 bits per heavy atom. The number of anilines is 2. The number of phenolic OH excluding ortho intramolecular Hbond substituents is 1. The number of imide groups is 2. The molecule has 0 radical (unpaired) electrons. The van der Waals surface area contributed by atoms with Gasteiger partial charge in [-0.3, -0.25) is 28.9 Å². The summed E-state index contributed by atoms with van der Waals surface area (Å²) < 4.78 is 14.2. The number of rotatable bonds is 5. The molecule has 2 heterocycles. The van der Waals surface area contributed by atoms with Crippen LogP contribution in [0.5, 0.6) is 5.75 Å². The van der Waals surface area contributed by atoms with E-state index >= 15 is 0 Å². The van der Waals surface area contributed by atoms with E-state index in [0.717, 1.165) is 16.5 Å². The zero-order valence-electron chi connectivity index (χ0n) is 27.7. The summed E-state index contributed by atoms with van der Waals surface area (Å²) in [6.07, 6.45) is 2.25. The van der Waals surface area contributed by atoms with Gasteiger partial charge in [0, 0.05) is 22.6 Å². The first kappa shape index (κ1) is 32.8. The topological polar surface area (TPSA) is 112 Å². The van der Waals surface area contributed by atoms with Crippen molar-refractivity contribution in [3.8, 4) is 5.75 Å². The molecule has 6 atom stereocenters. The van der Waals surface area contributed by atoms with E-state index in [0.29, 0.717) is 27.9 Å². The van der Waals surface area contributed by atoms with E-state index in [4.69, 9.17) is 11.6 Å². The third-order valence-corrected chi connectivity index (χ3v) is 11.7. The number of carbonyl (C=O) groups is 5. The van der Waals surface area contributed by atoms with Gasteiger partial charge in [-0.1, -0.05) is 71.8 Å². The molecule has 0 bridgehead atoms. The predicted molar refractivity (Wildman–Crippen MR) is 188 cm³/mol. The Morgan fingerprint density at radius 2 is 1.51 bits per heavy atom. The number of halogens is 2. The second-order valence-corrected chi connectivity index (χ2v) is 14.4. The standard InChI is InChI=1S/C41H32ClFN2O6/c1-21-7-6-10-28(35(21)46)34-26-16-17-27-33(29(26)20-30-38(49)45(40(51)41(30,34)2)25-15-18-32(43)31(42)19-25)39(50)44(37(27)48)24-13-11-23(12-14-24)36(47)22-8-4-3-5-9-22/h3-16,18-19,27,29-30,33-34,46H,17,20H2,1-2H3. The van der Waals surface area contributed by atoms with Crippen LogP contribution in [0.1, 0.15) is 52.7 Å². The molecule has 4 aromatic carbocycles. The molecule has 51 heavy (non-hydrogen) atoms. The highest BCUT2D eigenvalue weighted by Gasteiger charge is 2.68. The Labute approximate surface area is 298 Å². The zero-order valence-corrected chi connectivity index (χ0v) is 28.4. The number of allylic oxidation sites excluding steroid dienone is 2. The van der Waals surface area contributed by atoms with Crippen LogP contribution in [0.4, 0.5) is 15.8 Å². The number of para-hydroxylation sites is 1. The summed E-state index contributed by atoms with van der Waals surface area (Å²) in [5.74, 6) is -6.59. The highest BCUT2D eigenvalue weighted by molar-refractivity contribution is 6.32. The molecule has 6 unspecified atom stereocenters. The highest BCUT2D eigenvalue weighted by atomic mass is 35.5. The number of nitrogens with zero attached hydrogens (tertiary/aromatic N) is 2. The maximum atomic E-state index is 14.6. The molecule has 8 nitrogen and oxygen atoms in total. The maximum absolute atomic E-state index is 14.6. The van der Waals surface area contributed by atoms with Crippen LogP contribution in [0, 0.1) is 41.8 Å². The van der Waals surface area contributed by atoms with Crippen molar-refractivity contribution in [2.75, 3.05) is 9.80 Å². The monoisotopic (exact) mass is 702 g/mol. The van der Waals surface area contributed by atoms with E-state index < -0.39 is 58.5 Å². The summed E-state index contributed by atoms with van der Waals surface area (Å²) in [7, 11) is 0. The summed E-state index contributed by atoms with van der Waals surface area (Å²) in [6, 6.07) is 24.1. The maximum Gasteiger partial charge on any atom is 0.241 e. The molecule has 4 aliphatic rings. The highest BCUT2D eigenvalue weighted by Crippen LogP contribution is 2.64. The van der Waals surface area contributed by atoms with Crippen LogP contribution in [-0.4, -0.2) is 34.5 Å². The molecule has 3 fully saturated rings. The van der Waals surface area contributed by atoms with Crippen molar-refractivity contribution in [1.82, 2.24) is 0 Å². The van der Waals surface area contributed by atoms with Gasteiger partial charge in [-0.15, -0.1) is 0 Å². The predicted octanol–water partition coefficient (Wildman–Crippen LogP) is 7.16. The first-order valence-electron chi connectivity index (χ1n) is 16.8. The number of benzene rings is 4. The molecule has 0 spiro atoms. The van der Waals surface area contributed by atoms with Crippen LogP contribution < -0.4 is 9.80 Å². The van der Waals surface area contributed by atoms with Gasteiger partial charge in [0.05, 0.1) is 39.6 Å². The first-order chi connectivity index (χ1) is 24.4. The van der Waals surface area contributed by atoms with Crippen molar-refractivity contribution in [3.63, 3.8) is 0 Å². The lowest BCUT2D eigenvalue weighted by Crippen LogP contribution is -2.49. The number of amides is 4. The van der Waals surface area contributed by atoms with Gasteiger partial charge in [-0.25, -0.2) is 9.29 Å². The molecule has 2 aliphatic heterocycles. The second kappa shape index (κ2) is 11.8. The smallest absolute Gasteiger partial charge is 0.241 e. The molecule has 8 rings (SSSR count). The minimum Gasteiger partial charge on any atom is -0.507 e. The number of phenols is 1. The van der Waals surface area contributed by atoms with E-state index in [9.17, 15) is 33.5 Å². The molecule has 10 heteroatoms. The molecule has 1 N–H and O–H groups in total. The number of aromatic hydroxyl groups is 1. The van der Waals surface area contributed by atoms with Gasteiger partial charge >= 0.3 is 0 Å². The largest absolute Gasteiger partial charge is 0.507 e. The molecule has 4 aromatic rings. The Balaban J connectivity index is 1.19. The minimum absolute atomic E-state index is 0.0183. The normalized spacial score (nSPS) is 26.9. The van der Waals surface area contributed by atoms with Crippen LogP contribution in [-0.2, 0) is 19.2 Å². The lowest BCUT2D eigenvalue weighted by atomic mass is 9.51. The molecule has 4 amide bonds. The zero-order chi connectivity index (χ0) is 35.9. The Hall–Kier alpha value is -5.41. The summed E-state index contributed by atoms with van der Waals surface area (Å²) in [5, 5.41) is 11.2. The van der Waals surface area contributed by atoms with Crippen LogP contribution in [0.3, 0.4) is 0 Å². The number of carbonyl (C=O) groups excluding carboxylic acids is 5. The fourth-order valence-electron chi connectivity index (χ4n) is 8.92. The Kier molecular flexibility index (Phi) is 7.61. The number of aryl methyl sites for hydroxylation is 1. The summed E-state index contributed by atoms with van der Waals surface area (Å²) in [6.45, 7) is 3.46. The van der Waals surface area contributed by atoms with E-state index in [1.807, 2.05) is 12.1 Å². The van der Waals surface area contributed by atoms with Gasteiger partial charge in [-0.2, -0.15) is 0 Å². The summed E-state index contributed by atoms with van der Waals surface area (Å²) in [4.78, 5) is 72.6. The summed E-state index contributed by atoms with van der Waals surface area (Å²) in [5.41, 5.74) is 1.76. The van der Waals surface area contributed by atoms with Crippen molar-refractivity contribution in [1.29, 1.82) is 0 Å². The fourth-order valence-corrected chi connectivity index (χ4v) is 9.09. The lowest BCUT2D eigenvalue weighted by Gasteiger charge is -2.49. The summed E-state index contributed by atoms with van der Waals surface area (Å²) >= 11 is 6.09. The molecule has 0 aromatic heterocycles. The van der Waals surface area contributed by atoms with E-state index in [1.165, 1.54) is 17.0 Å².